The van der Waals surface area contributed by atoms with Gasteiger partial charge in [0.2, 0.25) is 0 Å². The van der Waals surface area contributed by atoms with Gasteiger partial charge < -0.3 is 15.2 Å². The molecule has 2 amide bonds. The number of rotatable bonds is 3. The number of halogens is 2. The quantitative estimate of drug-likeness (QED) is 0.796. The van der Waals surface area contributed by atoms with E-state index in [1.165, 1.54) is 13.2 Å². The highest BCUT2D eigenvalue weighted by Crippen LogP contribution is 2.25. The number of carboxylic acid groups (broad SMARTS) is 1. The van der Waals surface area contributed by atoms with Gasteiger partial charge in [0, 0.05) is 7.11 Å². The van der Waals surface area contributed by atoms with E-state index in [2.05, 4.69) is 26.2 Å². The minimum atomic E-state index is -1.56. The lowest BCUT2D eigenvalue weighted by Crippen LogP contribution is -2.48. The third-order valence-corrected chi connectivity index (χ3v) is 3.57. The fourth-order valence-electron chi connectivity index (χ4n) is 2.22. The first kappa shape index (κ1) is 15.6. The summed E-state index contributed by atoms with van der Waals surface area (Å²) in [5.41, 5.74) is 0. The van der Waals surface area contributed by atoms with E-state index in [4.69, 9.17) is 9.84 Å². The van der Waals surface area contributed by atoms with Crippen molar-refractivity contribution in [3.05, 3.63) is 22.8 Å². The van der Waals surface area contributed by atoms with Crippen molar-refractivity contribution in [1.29, 1.82) is 0 Å². The van der Waals surface area contributed by atoms with Crippen molar-refractivity contribution in [1.82, 2.24) is 9.88 Å². The van der Waals surface area contributed by atoms with Crippen molar-refractivity contribution in [3.63, 3.8) is 0 Å². The van der Waals surface area contributed by atoms with Crippen LogP contribution in [0.5, 0.6) is 0 Å². The van der Waals surface area contributed by atoms with E-state index in [0.29, 0.717) is 4.60 Å². The molecule has 0 spiro atoms. The lowest BCUT2D eigenvalue weighted by Gasteiger charge is -2.23. The Hall–Kier alpha value is -1.74. The van der Waals surface area contributed by atoms with Gasteiger partial charge in [0.05, 0.1) is 6.54 Å². The van der Waals surface area contributed by atoms with Crippen molar-refractivity contribution in [2.45, 2.75) is 18.3 Å². The van der Waals surface area contributed by atoms with Gasteiger partial charge in [-0.25, -0.2) is 14.2 Å². The number of carbonyl (C=O) groups is 2. The van der Waals surface area contributed by atoms with Crippen molar-refractivity contribution in [2.75, 3.05) is 19.0 Å². The summed E-state index contributed by atoms with van der Waals surface area (Å²) in [7, 11) is 1.24. The van der Waals surface area contributed by atoms with Crippen LogP contribution in [0.3, 0.4) is 0 Å². The maximum atomic E-state index is 13.8. The zero-order chi connectivity index (χ0) is 15.6. The van der Waals surface area contributed by atoms with E-state index in [-0.39, 0.29) is 5.82 Å². The fraction of sp³-hybridized carbons (Fsp3) is 0.417. The molecule has 7 nitrogen and oxygen atoms in total. The monoisotopic (exact) mass is 361 g/mol. The zero-order valence-electron chi connectivity index (χ0n) is 11.0. The van der Waals surface area contributed by atoms with Crippen LogP contribution in [-0.4, -0.2) is 59.0 Å². The number of ether oxygens (including phenoxy) is 1. The molecule has 1 aromatic heterocycles. The zero-order valence-corrected chi connectivity index (χ0v) is 12.6. The van der Waals surface area contributed by atoms with Gasteiger partial charge in [-0.1, -0.05) is 6.07 Å². The number of likely N-dealkylation sites (tertiary alicyclic amines) is 1. The highest BCUT2D eigenvalue weighted by atomic mass is 79.9. The molecule has 0 aromatic carbocycles. The Labute approximate surface area is 128 Å². The molecule has 1 aliphatic heterocycles. The maximum Gasteiger partial charge on any atom is 0.408 e. The number of hydrogen-bond donors (Lipinski definition) is 2. The molecule has 1 saturated heterocycles. The van der Waals surface area contributed by atoms with Crippen LogP contribution in [0.15, 0.2) is 22.8 Å². The number of aromatic nitrogens is 1. The summed E-state index contributed by atoms with van der Waals surface area (Å²) in [5.74, 6) is -0.452. The first-order valence-electron chi connectivity index (χ1n) is 6.04. The molecule has 2 heterocycles. The second kappa shape index (κ2) is 6.35. The SMILES string of the molecule is CO[C@H]1[C@@H](C(=O)Nc2cccc(Br)n2)N(C(=O)O)C[C@@H]1F. The topological polar surface area (TPSA) is 91.8 Å². The minimum absolute atomic E-state index is 0.233. The molecule has 1 aliphatic rings. The number of anilines is 1. The summed E-state index contributed by atoms with van der Waals surface area (Å²) in [5, 5.41) is 11.5. The summed E-state index contributed by atoms with van der Waals surface area (Å²) >= 11 is 3.15. The summed E-state index contributed by atoms with van der Waals surface area (Å²) in [6.07, 6.45) is -4.08. The Balaban J connectivity index is 2.20. The summed E-state index contributed by atoms with van der Waals surface area (Å²) in [6.45, 7) is -0.405. The molecule has 2 rings (SSSR count). The van der Waals surface area contributed by atoms with Gasteiger partial charge in [-0.3, -0.25) is 9.69 Å². The molecule has 1 fully saturated rings. The molecule has 1 aromatic rings. The van der Waals surface area contributed by atoms with E-state index < -0.39 is 36.9 Å². The van der Waals surface area contributed by atoms with Crippen molar-refractivity contribution < 1.29 is 23.8 Å². The first-order chi connectivity index (χ1) is 9.93. The number of pyridine rings is 1. The third-order valence-electron chi connectivity index (χ3n) is 3.13. The van der Waals surface area contributed by atoms with Crippen LogP contribution in [0.2, 0.25) is 0 Å². The number of carbonyl (C=O) groups excluding carboxylic acids is 1. The third kappa shape index (κ3) is 3.30. The van der Waals surface area contributed by atoms with Crippen LogP contribution in [-0.2, 0) is 9.53 Å². The van der Waals surface area contributed by atoms with Crippen LogP contribution in [0.25, 0.3) is 0 Å². The van der Waals surface area contributed by atoms with Gasteiger partial charge >= 0.3 is 6.09 Å². The average molecular weight is 362 g/mol. The lowest BCUT2D eigenvalue weighted by atomic mass is 10.1. The number of methoxy groups -OCH3 is 1. The molecule has 9 heteroatoms. The molecule has 0 bridgehead atoms. The second-order valence-corrected chi connectivity index (χ2v) is 5.24. The molecule has 21 heavy (non-hydrogen) atoms. The molecule has 0 aliphatic carbocycles. The number of alkyl halides is 1. The molecule has 114 valence electrons. The highest BCUT2D eigenvalue weighted by Gasteiger charge is 2.49. The van der Waals surface area contributed by atoms with Crippen LogP contribution in [0.4, 0.5) is 15.0 Å². The summed E-state index contributed by atoms with van der Waals surface area (Å²) in [6, 6.07) is 3.60. The molecule has 2 N–H and O–H groups in total. The van der Waals surface area contributed by atoms with E-state index in [9.17, 15) is 14.0 Å². The lowest BCUT2D eigenvalue weighted by molar-refractivity contribution is -0.123. The minimum Gasteiger partial charge on any atom is -0.465 e. The van der Waals surface area contributed by atoms with Gasteiger partial charge in [-0.05, 0) is 28.1 Å². The molecule has 0 saturated carbocycles. The Bertz CT molecular complexity index is 559. The maximum absolute atomic E-state index is 13.8. The number of nitrogens with zero attached hydrogens (tertiary/aromatic N) is 2. The first-order valence-corrected chi connectivity index (χ1v) is 6.83. The predicted octanol–water partition coefficient (Wildman–Crippen LogP) is 1.50. The van der Waals surface area contributed by atoms with E-state index in [1.807, 2.05) is 0 Å². The fourth-order valence-corrected chi connectivity index (χ4v) is 2.57. The molecule has 0 radical (unpaired) electrons. The molecular weight excluding hydrogens is 349 g/mol. The van der Waals surface area contributed by atoms with E-state index in [1.54, 1.807) is 12.1 Å². The van der Waals surface area contributed by atoms with Crippen LogP contribution >= 0.6 is 15.9 Å². The number of nitrogens with one attached hydrogen (secondary N) is 1. The highest BCUT2D eigenvalue weighted by molar-refractivity contribution is 9.10. The van der Waals surface area contributed by atoms with Gasteiger partial charge in [-0.2, -0.15) is 0 Å². The smallest absolute Gasteiger partial charge is 0.408 e. The van der Waals surface area contributed by atoms with Crippen molar-refractivity contribution in [3.8, 4) is 0 Å². The Morgan fingerprint density at radius 1 is 1.57 bits per heavy atom. The molecule has 3 atom stereocenters. The van der Waals surface area contributed by atoms with Crippen LogP contribution in [0.1, 0.15) is 0 Å². The van der Waals surface area contributed by atoms with Crippen molar-refractivity contribution >= 4 is 33.7 Å². The summed E-state index contributed by atoms with van der Waals surface area (Å²) < 4.78 is 19.2. The van der Waals surface area contributed by atoms with Gasteiger partial charge in [0.15, 0.2) is 0 Å². The normalized spacial score (nSPS) is 24.9. The largest absolute Gasteiger partial charge is 0.465 e. The van der Waals surface area contributed by atoms with Crippen LogP contribution < -0.4 is 5.32 Å². The van der Waals surface area contributed by atoms with Crippen molar-refractivity contribution in [2.24, 2.45) is 0 Å². The van der Waals surface area contributed by atoms with E-state index >= 15 is 0 Å². The molecular formula is C12H13BrFN3O4. The number of hydrogen-bond acceptors (Lipinski definition) is 4. The average Bonchev–Trinajstić information content (AvgIpc) is 2.75. The van der Waals surface area contributed by atoms with Gasteiger partial charge in [-0.15, -0.1) is 0 Å². The Kier molecular flexibility index (Phi) is 4.73. The van der Waals surface area contributed by atoms with Crippen LogP contribution in [0, 0.1) is 0 Å². The number of amides is 2. The predicted molar refractivity (Wildman–Crippen MR) is 74.8 cm³/mol. The van der Waals surface area contributed by atoms with Gasteiger partial charge in [0.1, 0.15) is 28.7 Å². The standard InChI is InChI=1S/C12H13BrFN3O4/c1-21-10-6(14)5-17(12(19)20)9(10)11(18)16-8-4-2-3-7(13)15-8/h2-4,6,9-10H,5H2,1H3,(H,19,20)(H,15,16,18)/t6-,9-,10+/m0/s1. The van der Waals surface area contributed by atoms with Gasteiger partial charge in [0.25, 0.3) is 5.91 Å². The second-order valence-electron chi connectivity index (χ2n) is 4.43. The molecule has 0 unspecified atom stereocenters. The Morgan fingerprint density at radius 3 is 2.86 bits per heavy atom. The van der Waals surface area contributed by atoms with E-state index in [0.717, 1.165) is 4.90 Å². The Morgan fingerprint density at radius 2 is 2.29 bits per heavy atom. The summed E-state index contributed by atoms with van der Waals surface area (Å²) in [4.78, 5) is 28.1.